The van der Waals surface area contributed by atoms with E-state index in [0.29, 0.717) is 43.5 Å². The number of fused-ring (bicyclic) bond motifs is 1. The molecule has 2 aromatic heterocycles. The second-order valence-electron chi connectivity index (χ2n) is 9.96. The maximum atomic E-state index is 14.1. The predicted octanol–water partition coefficient (Wildman–Crippen LogP) is 4.29. The zero-order chi connectivity index (χ0) is 30.8. The lowest BCUT2D eigenvalue weighted by atomic mass is 9.95. The number of carbonyl (C=O) groups excluding carboxylic acids is 1. The SMILES string of the molecule is CCOC(=O)C1=C(C)N=c2sc(=Cc3cccn3-c3cccc([N+](=O)[O-])c3)c(=O)n2C1c1ccc(OC(C)C)c(OC)c1. The summed E-state index contributed by atoms with van der Waals surface area (Å²) in [4.78, 5) is 43.3. The van der Waals surface area contributed by atoms with Gasteiger partial charge >= 0.3 is 5.97 Å². The number of aromatic nitrogens is 2. The van der Waals surface area contributed by atoms with Crippen LogP contribution in [0.4, 0.5) is 5.69 Å². The summed E-state index contributed by atoms with van der Waals surface area (Å²) in [6, 6.07) is 14.3. The fourth-order valence-electron chi connectivity index (χ4n) is 4.95. The summed E-state index contributed by atoms with van der Waals surface area (Å²) < 4.78 is 20.5. The molecule has 0 N–H and O–H groups in total. The molecule has 2 aromatic carbocycles. The third kappa shape index (κ3) is 5.73. The summed E-state index contributed by atoms with van der Waals surface area (Å²) in [5, 5.41) is 11.3. The van der Waals surface area contributed by atoms with E-state index < -0.39 is 16.9 Å². The minimum absolute atomic E-state index is 0.0428. The summed E-state index contributed by atoms with van der Waals surface area (Å²) in [5.74, 6) is 0.430. The van der Waals surface area contributed by atoms with Gasteiger partial charge in [0.1, 0.15) is 0 Å². The molecule has 1 aliphatic heterocycles. The van der Waals surface area contributed by atoms with Crippen molar-refractivity contribution in [1.82, 2.24) is 9.13 Å². The zero-order valence-corrected chi connectivity index (χ0v) is 25.1. The number of rotatable bonds is 9. The van der Waals surface area contributed by atoms with Crippen LogP contribution in [-0.4, -0.2) is 39.8 Å². The fraction of sp³-hybridized carbons (Fsp3) is 0.258. The number of allylic oxidation sites excluding steroid dienone is 1. The van der Waals surface area contributed by atoms with Gasteiger partial charge in [-0.2, -0.15) is 0 Å². The molecule has 12 heteroatoms. The van der Waals surface area contributed by atoms with Crippen LogP contribution in [0.3, 0.4) is 0 Å². The number of methoxy groups -OCH3 is 1. The Balaban J connectivity index is 1.68. The molecule has 3 heterocycles. The number of esters is 1. The van der Waals surface area contributed by atoms with E-state index in [0.717, 1.165) is 0 Å². The quantitative estimate of drug-likeness (QED) is 0.159. The highest BCUT2D eigenvalue weighted by Crippen LogP contribution is 2.36. The Labute approximate surface area is 250 Å². The molecule has 0 spiro atoms. The number of nitrogens with zero attached hydrogens (tertiary/aromatic N) is 4. The average Bonchev–Trinajstić information content (AvgIpc) is 3.56. The van der Waals surface area contributed by atoms with Crippen LogP contribution in [-0.2, 0) is 9.53 Å². The van der Waals surface area contributed by atoms with Crippen LogP contribution in [0, 0.1) is 10.1 Å². The number of non-ortho nitro benzene ring substituents is 1. The Hall–Kier alpha value is -4.97. The Kier molecular flexibility index (Phi) is 8.31. The van der Waals surface area contributed by atoms with Gasteiger partial charge in [-0.15, -0.1) is 0 Å². The first-order valence-corrected chi connectivity index (χ1v) is 14.4. The molecule has 43 heavy (non-hydrogen) atoms. The average molecular weight is 603 g/mol. The van der Waals surface area contributed by atoms with Crippen LogP contribution in [0.1, 0.15) is 45.0 Å². The Morgan fingerprint density at radius 2 is 1.95 bits per heavy atom. The van der Waals surface area contributed by atoms with E-state index in [-0.39, 0.29) is 29.5 Å². The molecule has 0 amide bonds. The van der Waals surface area contributed by atoms with Crippen molar-refractivity contribution in [3.05, 3.63) is 113 Å². The molecule has 5 rings (SSSR count). The van der Waals surface area contributed by atoms with Crippen molar-refractivity contribution in [2.75, 3.05) is 13.7 Å². The molecule has 0 bridgehead atoms. The van der Waals surface area contributed by atoms with E-state index in [4.69, 9.17) is 14.2 Å². The summed E-state index contributed by atoms with van der Waals surface area (Å²) in [6.45, 7) is 7.41. The van der Waals surface area contributed by atoms with Crippen molar-refractivity contribution in [2.24, 2.45) is 4.99 Å². The number of carbonyl (C=O) groups is 1. The number of hydrogen-bond acceptors (Lipinski definition) is 9. The molecule has 1 aliphatic rings. The first kappa shape index (κ1) is 29.5. The number of benzene rings is 2. The summed E-state index contributed by atoms with van der Waals surface area (Å²) in [6.07, 6.45) is 3.39. The Morgan fingerprint density at radius 3 is 2.65 bits per heavy atom. The van der Waals surface area contributed by atoms with Gasteiger partial charge in [0.25, 0.3) is 11.2 Å². The van der Waals surface area contributed by atoms with E-state index in [1.807, 2.05) is 19.9 Å². The van der Waals surface area contributed by atoms with E-state index in [1.165, 1.54) is 35.1 Å². The summed E-state index contributed by atoms with van der Waals surface area (Å²) in [7, 11) is 1.53. The topological polar surface area (TPSA) is 127 Å². The summed E-state index contributed by atoms with van der Waals surface area (Å²) in [5.41, 5.74) is 2.14. The van der Waals surface area contributed by atoms with Gasteiger partial charge in [-0.25, -0.2) is 9.79 Å². The van der Waals surface area contributed by atoms with E-state index in [1.54, 1.807) is 67.1 Å². The number of nitro benzene ring substituents is 1. The lowest BCUT2D eigenvalue weighted by Gasteiger charge is -2.25. The molecule has 4 aromatic rings. The van der Waals surface area contributed by atoms with Crippen LogP contribution < -0.4 is 24.4 Å². The second kappa shape index (κ2) is 12.1. The third-order valence-corrected chi connectivity index (χ3v) is 7.74. The number of hydrogen-bond donors (Lipinski definition) is 0. The number of ether oxygens (including phenoxy) is 3. The first-order chi connectivity index (χ1) is 20.6. The molecule has 0 radical (unpaired) electrons. The van der Waals surface area contributed by atoms with E-state index in [9.17, 15) is 19.7 Å². The molecular formula is C31H30N4O7S. The minimum atomic E-state index is -0.831. The molecule has 0 saturated carbocycles. The highest BCUT2D eigenvalue weighted by atomic mass is 32.1. The smallest absolute Gasteiger partial charge is 0.338 e. The summed E-state index contributed by atoms with van der Waals surface area (Å²) >= 11 is 1.19. The Bertz CT molecular complexity index is 1930. The van der Waals surface area contributed by atoms with Crippen molar-refractivity contribution in [2.45, 2.75) is 39.8 Å². The first-order valence-electron chi connectivity index (χ1n) is 13.6. The number of nitro groups is 1. The lowest BCUT2D eigenvalue weighted by molar-refractivity contribution is -0.384. The van der Waals surface area contributed by atoms with Gasteiger partial charge in [-0.3, -0.25) is 19.5 Å². The van der Waals surface area contributed by atoms with Gasteiger partial charge < -0.3 is 18.8 Å². The normalized spacial score (nSPS) is 14.8. The molecule has 0 fully saturated rings. The van der Waals surface area contributed by atoms with E-state index in [2.05, 4.69) is 4.99 Å². The molecular weight excluding hydrogens is 572 g/mol. The van der Waals surface area contributed by atoms with Gasteiger partial charge in [-0.1, -0.05) is 23.5 Å². The van der Waals surface area contributed by atoms with Gasteiger partial charge in [0, 0.05) is 24.0 Å². The van der Waals surface area contributed by atoms with Crippen LogP contribution >= 0.6 is 11.3 Å². The number of thiazole rings is 1. The minimum Gasteiger partial charge on any atom is -0.493 e. The zero-order valence-electron chi connectivity index (χ0n) is 24.3. The molecule has 1 atom stereocenters. The van der Waals surface area contributed by atoms with Crippen LogP contribution in [0.2, 0.25) is 0 Å². The standard InChI is InChI=1S/C31H30N4O7S/c1-6-41-30(37)27-19(4)32-31-34(28(27)20-12-13-24(42-18(2)3)25(15-20)40-5)29(36)26(43-31)17-22-11-8-14-33(22)21-9-7-10-23(16-21)35(38)39/h7-18,28H,6H2,1-5H3. The van der Waals surface area contributed by atoms with Crippen molar-refractivity contribution >= 4 is 29.1 Å². The highest BCUT2D eigenvalue weighted by Gasteiger charge is 2.34. The predicted molar refractivity (Wildman–Crippen MR) is 162 cm³/mol. The largest absolute Gasteiger partial charge is 0.493 e. The monoisotopic (exact) mass is 602 g/mol. The lowest BCUT2D eigenvalue weighted by Crippen LogP contribution is -2.40. The maximum Gasteiger partial charge on any atom is 0.338 e. The van der Waals surface area contributed by atoms with Crippen molar-refractivity contribution in [3.8, 4) is 17.2 Å². The second-order valence-corrected chi connectivity index (χ2v) is 11.0. The van der Waals surface area contributed by atoms with Crippen molar-refractivity contribution in [1.29, 1.82) is 0 Å². The van der Waals surface area contributed by atoms with Crippen LogP contribution in [0.25, 0.3) is 11.8 Å². The molecule has 1 unspecified atom stereocenters. The van der Waals surface area contributed by atoms with Crippen molar-refractivity contribution in [3.63, 3.8) is 0 Å². The van der Waals surface area contributed by atoms with Gasteiger partial charge in [-0.05, 0) is 69.7 Å². The fourth-order valence-corrected chi connectivity index (χ4v) is 5.98. The third-order valence-electron chi connectivity index (χ3n) is 6.76. The molecule has 222 valence electrons. The van der Waals surface area contributed by atoms with Gasteiger partial charge in [0.15, 0.2) is 16.3 Å². The van der Waals surface area contributed by atoms with Gasteiger partial charge in [0.2, 0.25) is 0 Å². The van der Waals surface area contributed by atoms with Crippen LogP contribution in [0.5, 0.6) is 11.5 Å². The molecule has 0 aliphatic carbocycles. The van der Waals surface area contributed by atoms with Crippen LogP contribution in [0.15, 0.2) is 81.9 Å². The maximum absolute atomic E-state index is 14.1. The van der Waals surface area contributed by atoms with E-state index >= 15 is 0 Å². The Morgan fingerprint density at radius 1 is 1.16 bits per heavy atom. The molecule has 0 saturated heterocycles. The molecule has 11 nitrogen and oxygen atoms in total. The highest BCUT2D eigenvalue weighted by molar-refractivity contribution is 7.07. The van der Waals surface area contributed by atoms with Crippen molar-refractivity contribution < 1.29 is 23.9 Å². The van der Waals surface area contributed by atoms with Gasteiger partial charge in [0.05, 0.1) is 52.3 Å².